The molecule has 30 heavy (non-hydrogen) atoms. The van der Waals surface area contributed by atoms with Gasteiger partial charge in [0.05, 0.1) is 5.02 Å². The van der Waals surface area contributed by atoms with E-state index in [9.17, 15) is 9.59 Å². The van der Waals surface area contributed by atoms with Crippen molar-refractivity contribution in [1.29, 1.82) is 0 Å². The van der Waals surface area contributed by atoms with E-state index in [1.165, 1.54) is 6.20 Å². The molecule has 1 aromatic carbocycles. The maximum Gasteiger partial charge on any atom is 0.321 e. The van der Waals surface area contributed by atoms with Crippen LogP contribution < -0.4 is 10.6 Å². The second-order valence-electron chi connectivity index (χ2n) is 7.23. The minimum atomic E-state index is -0.558. The number of carbonyl (C=O) groups excluding carboxylic acids is 2. The molecule has 1 fully saturated rings. The molecule has 3 amide bonds. The number of aromatic nitrogens is 1. The molecule has 0 atom stereocenters. The molecule has 3 heterocycles. The highest BCUT2D eigenvalue weighted by Crippen LogP contribution is 2.35. The summed E-state index contributed by atoms with van der Waals surface area (Å²) >= 11 is 11.7. The van der Waals surface area contributed by atoms with Crippen LogP contribution in [0.4, 0.5) is 16.3 Å². The summed E-state index contributed by atoms with van der Waals surface area (Å²) in [7, 11) is 0. The van der Waals surface area contributed by atoms with Crippen LogP contribution in [-0.2, 0) is 9.63 Å². The number of nitrogens with one attached hydrogen (secondary N) is 2. The number of hydrogen-bond acceptors (Lipinski definition) is 5. The molecule has 2 aliphatic heterocycles. The van der Waals surface area contributed by atoms with Crippen molar-refractivity contribution < 1.29 is 14.4 Å². The molecule has 8 nitrogen and oxygen atoms in total. The van der Waals surface area contributed by atoms with Gasteiger partial charge in [-0.15, -0.1) is 0 Å². The molecule has 2 aromatic rings. The van der Waals surface area contributed by atoms with Crippen LogP contribution >= 0.6 is 23.2 Å². The maximum absolute atomic E-state index is 12.5. The fraction of sp³-hybridized carbons (Fsp3) is 0.300. The molecule has 2 N–H and O–H groups in total. The number of nitrogens with zero attached hydrogens (tertiary/aromatic N) is 3. The van der Waals surface area contributed by atoms with Crippen molar-refractivity contribution in [2.24, 2.45) is 5.16 Å². The van der Waals surface area contributed by atoms with Crippen molar-refractivity contribution >= 4 is 52.4 Å². The van der Waals surface area contributed by atoms with E-state index in [2.05, 4.69) is 20.8 Å². The minimum absolute atomic E-state index is 0.183. The normalized spacial score (nSPS) is 17.3. The van der Waals surface area contributed by atoms with Gasteiger partial charge in [0.1, 0.15) is 17.1 Å². The SMILES string of the molecule is O=C(Nc1ccc(Cl)cn1)C1=NOC2(CCN(C(=O)Nc3ccc(Cl)cc3)CC2)C1. The number of piperidine rings is 1. The number of amides is 3. The van der Waals surface area contributed by atoms with Crippen LogP contribution in [0.3, 0.4) is 0 Å². The Morgan fingerprint density at radius 1 is 1.00 bits per heavy atom. The molecule has 10 heteroatoms. The molecule has 0 bridgehead atoms. The van der Waals surface area contributed by atoms with Gasteiger partial charge in [-0.05, 0) is 36.4 Å². The maximum atomic E-state index is 12.5. The average Bonchev–Trinajstić information content (AvgIpc) is 3.15. The number of hydrogen-bond donors (Lipinski definition) is 2. The fourth-order valence-electron chi connectivity index (χ4n) is 3.40. The van der Waals surface area contributed by atoms with Gasteiger partial charge in [0.15, 0.2) is 0 Å². The first kappa shape index (κ1) is 20.4. The molecule has 0 unspecified atom stereocenters. The Labute approximate surface area is 183 Å². The Kier molecular flexibility index (Phi) is 5.78. The first-order chi connectivity index (χ1) is 14.4. The zero-order chi connectivity index (χ0) is 21.1. The van der Waals surface area contributed by atoms with E-state index in [1.807, 2.05) is 0 Å². The molecule has 1 spiro atoms. The Hall–Kier alpha value is -2.84. The number of halogens is 2. The third kappa shape index (κ3) is 4.66. The van der Waals surface area contributed by atoms with E-state index in [0.717, 1.165) is 0 Å². The lowest BCUT2D eigenvalue weighted by Gasteiger charge is -2.37. The second kappa shape index (κ2) is 8.49. The van der Waals surface area contributed by atoms with Gasteiger partial charge in [0, 0.05) is 49.3 Å². The lowest BCUT2D eigenvalue weighted by atomic mass is 9.87. The standard InChI is InChI=1S/C20H19Cl2N5O3/c21-13-1-4-15(5-2-13)24-19(29)27-9-7-20(8-10-27)11-16(26-30-20)18(28)25-17-6-3-14(22)12-23-17/h1-6,12H,7-11H2,(H,24,29)(H,23,25,28). The van der Waals surface area contributed by atoms with Crippen molar-refractivity contribution in [3.05, 3.63) is 52.6 Å². The zero-order valence-corrected chi connectivity index (χ0v) is 17.4. The molecule has 0 saturated carbocycles. The zero-order valence-electron chi connectivity index (χ0n) is 15.9. The number of urea groups is 1. The summed E-state index contributed by atoms with van der Waals surface area (Å²) in [6.45, 7) is 1.01. The van der Waals surface area contributed by atoms with Gasteiger partial charge in [-0.2, -0.15) is 0 Å². The third-order valence-corrected chi connectivity index (χ3v) is 5.60. The smallest absolute Gasteiger partial charge is 0.321 e. The molecule has 0 aliphatic carbocycles. The van der Waals surface area contributed by atoms with Gasteiger partial charge >= 0.3 is 6.03 Å². The lowest BCUT2D eigenvalue weighted by Crippen LogP contribution is -2.48. The third-order valence-electron chi connectivity index (χ3n) is 5.13. The summed E-state index contributed by atoms with van der Waals surface area (Å²) in [5.41, 5.74) is 0.433. The van der Waals surface area contributed by atoms with Gasteiger partial charge in [-0.1, -0.05) is 28.4 Å². The first-order valence-corrected chi connectivity index (χ1v) is 10.2. The van der Waals surface area contributed by atoms with Gasteiger partial charge in [-0.3, -0.25) is 4.79 Å². The van der Waals surface area contributed by atoms with Crippen molar-refractivity contribution in [2.45, 2.75) is 24.9 Å². The van der Waals surface area contributed by atoms with E-state index in [-0.39, 0.29) is 11.9 Å². The predicted octanol–water partition coefficient (Wildman–Crippen LogP) is 4.17. The van der Waals surface area contributed by atoms with Gasteiger partial charge in [0.25, 0.3) is 5.91 Å². The van der Waals surface area contributed by atoms with E-state index in [0.29, 0.717) is 59.6 Å². The topological polar surface area (TPSA) is 95.9 Å². The number of anilines is 2. The minimum Gasteiger partial charge on any atom is -0.388 e. The summed E-state index contributed by atoms with van der Waals surface area (Å²) < 4.78 is 0. The van der Waals surface area contributed by atoms with E-state index < -0.39 is 5.60 Å². The molecule has 0 radical (unpaired) electrons. The van der Waals surface area contributed by atoms with Crippen LogP contribution in [-0.4, -0.2) is 46.2 Å². The van der Waals surface area contributed by atoms with Crippen molar-refractivity contribution in [3.8, 4) is 0 Å². The van der Waals surface area contributed by atoms with Gasteiger partial charge in [0.2, 0.25) is 0 Å². The summed E-state index contributed by atoms with van der Waals surface area (Å²) in [4.78, 5) is 36.3. The molecular weight excluding hydrogens is 429 g/mol. The monoisotopic (exact) mass is 447 g/mol. The van der Waals surface area contributed by atoms with E-state index >= 15 is 0 Å². The highest BCUT2D eigenvalue weighted by atomic mass is 35.5. The Balaban J connectivity index is 1.28. The van der Waals surface area contributed by atoms with Gasteiger partial charge < -0.3 is 20.4 Å². The highest BCUT2D eigenvalue weighted by Gasteiger charge is 2.44. The van der Waals surface area contributed by atoms with Crippen LogP contribution in [0, 0.1) is 0 Å². The Bertz CT molecular complexity index is 971. The largest absolute Gasteiger partial charge is 0.388 e. The Morgan fingerprint density at radius 2 is 1.70 bits per heavy atom. The molecule has 156 valence electrons. The summed E-state index contributed by atoms with van der Waals surface area (Å²) in [6, 6.07) is 10.0. The number of rotatable bonds is 3. The van der Waals surface area contributed by atoms with Crippen LogP contribution in [0.15, 0.2) is 47.8 Å². The van der Waals surface area contributed by atoms with Crippen LogP contribution in [0.2, 0.25) is 10.0 Å². The highest BCUT2D eigenvalue weighted by molar-refractivity contribution is 6.43. The second-order valence-corrected chi connectivity index (χ2v) is 8.10. The molecule has 2 aliphatic rings. The first-order valence-electron chi connectivity index (χ1n) is 9.42. The predicted molar refractivity (Wildman–Crippen MR) is 115 cm³/mol. The van der Waals surface area contributed by atoms with Crippen LogP contribution in [0.1, 0.15) is 19.3 Å². The Morgan fingerprint density at radius 3 is 2.37 bits per heavy atom. The summed E-state index contributed by atoms with van der Waals surface area (Å²) in [5.74, 6) is 0.0337. The number of benzene rings is 1. The number of oxime groups is 1. The number of pyridine rings is 1. The fourth-order valence-corrected chi connectivity index (χ4v) is 3.64. The lowest BCUT2D eigenvalue weighted by molar-refractivity contribution is -0.110. The van der Waals surface area contributed by atoms with Crippen molar-refractivity contribution in [1.82, 2.24) is 9.88 Å². The number of likely N-dealkylation sites (tertiary alicyclic amines) is 1. The van der Waals surface area contributed by atoms with E-state index in [4.69, 9.17) is 28.0 Å². The summed E-state index contributed by atoms with van der Waals surface area (Å²) in [6.07, 6.45) is 3.01. The van der Waals surface area contributed by atoms with Crippen molar-refractivity contribution in [2.75, 3.05) is 23.7 Å². The summed E-state index contributed by atoms with van der Waals surface area (Å²) in [5, 5.41) is 10.6. The molecule has 1 saturated heterocycles. The van der Waals surface area contributed by atoms with Gasteiger partial charge in [-0.25, -0.2) is 9.78 Å². The van der Waals surface area contributed by atoms with E-state index in [1.54, 1.807) is 41.3 Å². The van der Waals surface area contributed by atoms with Crippen molar-refractivity contribution in [3.63, 3.8) is 0 Å². The average molecular weight is 448 g/mol. The number of carbonyl (C=O) groups is 2. The molecular formula is C20H19Cl2N5O3. The van der Waals surface area contributed by atoms with Crippen LogP contribution in [0.25, 0.3) is 0 Å². The quantitative estimate of drug-likeness (QED) is 0.737. The molecule has 4 rings (SSSR count). The van der Waals surface area contributed by atoms with Crippen LogP contribution in [0.5, 0.6) is 0 Å². The molecule has 1 aromatic heterocycles.